The van der Waals surface area contributed by atoms with Crippen molar-refractivity contribution in [3.05, 3.63) is 122 Å². The Morgan fingerprint density at radius 2 is 1.11 bits per heavy atom. The Balaban J connectivity index is 1.52. The smallest absolute Gasteiger partial charge is 0.246 e. The van der Waals surface area contributed by atoms with Crippen molar-refractivity contribution in [2.45, 2.75) is 0 Å². The first-order valence-electron chi connectivity index (χ1n) is 12.4. The van der Waals surface area contributed by atoms with Crippen molar-refractivity contribution in [1.82, 2.24) is 9.97 Å². The van der Waals surface area contributed by atoms with Crippen molar-refractivity contribution in [2.24, 2.45) is 0 Å². The van der Waals surface area contributed by atoms with Crippen molar-refractivity contribution in [3.8, 4) is 22.3 Å². The van der Waals surface area contributed by atoms with Crippen LogP contribution in [-0.2, 0) is 0 Å². The molecule has 0 amide bonds. The van der Waals surface area contributed by atoms with Gasteiger partial charge in [0.1, 0.15) is 11.1 Å². The summed E-state index contributed by atoms with van der Waals surface area (Å²) in [6.07, 6.45) is 3.38. The Morgan fingerprint density at radius 1 is 0.486 bits per heavy atom. The van der Waals surface area contributed by atoms with Gasteiger partial charge in [-0.05, 0) is 66.7 Å². The second-order valence-corrected chi connectivity index (χ2v) is 9.39. The molecular weight excluding hydrogens is 452 g/mol. The van der Waals surface area contributed by atoms with Crippen LogP contribution in [0.4, 0.5) is 0 Å². The van der Waals surface area contributed by atoms with Gasteiger partial charge in [-0.1, -0.05) is 97.1 Å². The number of hydrogen-bond donors (Lipinski definition) is 0. The van der Waals surface area contributed by atoms with Crippen molar-refractivity contribution in [3.63, 3.8) is 0 Å². The molecule has 0 bridgehead atoms. The predicted octanol–water partition coefficient (Wildman–Crippen LogP) is 9.17. The molecule has 6 aromatic carbocycles. The Morgan fingerprint density at radius 3 is 1.86 bits per heavy atom. The molecule has 0 unspecified atom stereocenters. The minimum absolute atomic E-state index is 0.565. The molecule has 3 nitrogen and oxygen atoms in total. The van der Waals surface area contributed by atoms with Crippen LogP contribution in [0.2, 0.25) is 0 Å². The van der Waals surface area contributed by atoms with E-state index in [-0.39, 0.29) is 0 Å². The van der Waals surface area contributed by atoms with E-state index in [0.29, 0.717) is 5.71 Å². The van der Waals surface area contributed by atoms with Crippen molar-refractivity contribution in [2.75, 3.05) is 0 Å². The number of rotatable bonds is 2. The van der Waals surface area contributed by atoms with Gasteiger partial charge < -0.3 is 4.42 Å². The molecule has 8 rings (SSSR count). The summed E-state index contributed by atoms with van der Waals surface area (Å²) < 4.78 is 5.96. The molecule has 0 aliphatic rings. The molecule has 0 spiro atoms. The first-order chi connectivity index (χ1) is 18.4. The zero-order valence-electron chi connectivity index (χ0n) is 19.8. The van der Waals surface area contributed by atoms with Crippen LogP contribution in [0.5, 0.6) is 0 Å². The van der Waals surface area contributed by atoms with E-state index in [1.165, 1.54) is 49.0 Å². The van der Waals surface area contributed by atoms with Crippen LogP contribution < -0.4 is 0 Å². The highest BCUT2D eigenvalue weighted by Crippen LogP contribution is 2.45. The normalized spacial score (nSPS) is 11.8. The molecular formula is C34H20N2O. The van der Waals surface area contributed by atoms with Crippen LogP contribution in [0.1, 0.15) is 0 Å². The van der Waals surface area contributed by atoms with Gasteiger partial charge in [-0.3, -0.25) is 0 Å². The lowest BCUT2D eigenvalue weighted by atomic mass is 9.84. The SMILES string of the molecule is c1ccc2c(-c3c4ccccc4c(-c4ccc5oc6nccnc6c5c4)c4ccccc34)cccc2c1. The van der Waals surface area contributed by atoms with Crippen molar-refractivity contribution < 1.29 is 4.42 Å². The molecule has 8 aromatic rings. The number of benzene rings is 6. The highest BCUT2D eigenvalue weighted by Gasteiger charge is 2.19. The Hall–Kier alpha value is -5.02. The lowest BCUT2D eigenvalue weighted by molar-refractivity contribution is 0.653. The third-order valence-corrected chi connectivity index (χ3v) is 7.39. The van der Waals surface area contributed by atoms with Gasteiger partial charge in [0.05, 0.1) is 0 Å². The van der Waals surface area contributed by atoms with Crippen molar-refractivity contribution in [1.29, 1.82) is 0 Å². The van der Waals surface area contributed by atoms with Gasteiger partial charge in [0.2, 0.25) is 5.71 Å². The second kappa shape index (κ2) is 7.74. The van der Waals surface area contributed by atoms with E-state index in [2.05, 4.69) is 113 Å². The van der Waals surface area contributed by atoms with E-state index in [9.17, 15) is 0 Å². The largest absolute Gasteiger partial charge is 0.436 e. The molecule has 0 N–H and O–H groups in total. The molecule has 0 radical (unpaired) electrons. The minimum atomic E-state index is 0.565. The maximum atomic E-state index is 5.96. The predicted molar refractivity (Wildman–Crippen MR) is 153 cm³/mol. The fourth-order valence-corrected chi connectivity index (χ4v) is 5.82. The molecule has 0 saturated carbocycles. The standard InChI is InChI=1S/C34H20N2O/c1-2-10-23-21(8-1)9-7-15-24(23)32-27-13-5-3-11-25(27)31(26-12-4-6-14-28(26)32)22-16-17-30-29(20-22)33-34(37-30)36-19-18-35-33/h1-20H. The van der Waals surface area contributed by atoms with Crippen LogP contribution in [0.25, 0.3) is 76.8 Å². The summed E-state index contributed by atoms with van der Waals surface area (Å²) in [7, 11) is 0. The molecule has 2 aromatic heterocycles. The van der Waals surface area contributed by atoms with Gasteiger partial charge in [-0.15, -0.1) is 0 Å². The first-order valence-corrected chi connectivity index (χ1v) is 12.4. The van der Waals surface area contributed by atoms with Gasteiger partial charge in [-0.2, -0.15) is 0 Å². The van der Waals surface area contributed by atoms with Crippen LogP contribution in [-0.4, -0.2) is 9.97 Å². The fraction of sp³-hybridized carbons (Fsp3) is 0. The van der Waals surface area contributed by atoms with E-state index in [0.717, 1.165) is 22.0 Å². The molecule has 0 aliphatic heterocycles. The summed E-state index contributed by atoms with van der Waals surface area (Å²) in [5.74, 6) is 0. The van der Waals surface area contributed by atoms with E-state index in [1.54, 1.807) is 12.4 Å². The summed E-state index contributed by atoms with van der Waals surface area (Å²) >= 11 is 0. The van der Waals surface area contributed by atoms with E-state index in [4.69, 9.17) is 4.42 Å². The molecule has 0 atom stereocenters. The first kappa shape index (κ1) is 20.2. The maximum absolute atomic E-state index is 5.96. The highest BCUT2D eigenvalue weighted by molar-refractivity contribution is 6.24. The van der Waals surface area contributed by atoms with E-state index >= 15 is 0 Å². The monoisotopic (exact) mass is 472 g/mol. The number of hydrogen-bond acceptors (Lipinski definition) is 3. The summed E-state index contributed by atoms with van der Waals surface area (Å²) in [4.78, 5) is 8.92. The lowest BCUT2D eigenvalue weighted by Crippen LogP contribution is -1.91. The molecule has 2 heterocycles. The van der Waals surface area contributed by atoms with E-state index in [1.807, 2.05) is 6.07 Å². The van der Waals surface area contributed by atoms with Crippen LogP contribution in [0, 0.1) is 0 Å². The third kappa shape index (κ3) is 2.95. The average Bonchev–Trinajstić information content (AvgIpc) is 3.33. The van der Waals surface area contributed by atoms with Crippen molar-refractivity contribution >= 4 is 54.5 Å². The van der Waals surface area contributed by atoms with Gasteiger partial charge in [0.25, 0.3) is 0 Å². The number of nitrogens with zero attached hydrogens (tertiary/aromatic N) is 2. The lowest BCUT2D eigenvalue weighted by Gasteiger charge is -2.18. The molecule has 0 aliphatic carbocycles. The zero-order valence-corrected chi connectivity index (χ0v) is 19.8. The average molecular weight is 473 g/mol. The molecule has 0 saturated heterocycles. The Bertz CT molecular complexity index is 2090. The Labute approximate surface area is 212 Å². The van der Waals surface area contributed by atoms with Crippen LogP contribution >= 0.6 is 0 Å². The van der Waals surface area contributed by atoms with Gasteiger partial charge in [0, 0.05) is 17.8 Å². The molecule has 37 heavy (non-hydrogen) atoms. The topological polar surface area (TPSA) is 38.9 Å². The third-order valence-electron chi connectivity index (χ3n) is 7.39. The summed E-state index contributed by atoms with van der Waals surface area (Å²) in [5.41, 5.74) is 7.03. The van der Waals surface area contributed by atoms with Gasteiger partial charge in [0.15, 0.2) is 0 Å². The van der Waals surface area contributed by atoms with Crippen LogP contribution in [0.15, 0.2) is 126 Å². The summed E-state index contributed by atoms with van der Waals surface area (Å²) in [5, 5.41) is 8.42. The zero-order chi connectivity index (χ0) is 24.3. The molecule has 0 fully saturated rings. The number of aromatic nitrogens is 2. The molecule has 3 heteroatoms. The number of fused-ring (bicyclic) bond motifs is 6. The summed E-state index contributed by atoms with van der Waals surface area (Å²) in [6, 6.07) is 39.1. The molecule has 172 valence electrons. The number of furan rings is 1. The fourth-order valence-electron chi connectivity index (χ4n) is 5.82. The summed E-state index contributed by atoms with van der Waals surface area (Å²) in [6.45, 7) is 0. The quantitative estimate of drug-likeness (QED) is 0.235. The second-order valence-electron chi connectivity index (χ2n) is 9.39. The minimum Gasteiger partial charge on any atom is -0.436 e. The van der Waals surface area contributed by atoms with Crippen LogP contribution in [0.3, 0.4) is 0 Å². The van der Waals surface area contributed by atoms with E-state index < -0.39 is 0 Å². The Kier molecular flexibility index (Phi) is 4.23. The maximum Gasteiger partial charge on any atom is 0.246 e. The van der Waals surface area contributed by atoms with Gasteiger partial charge in [-0.25, -0.2) is 9.97 Å². The van der Waals surface area contributed by atoms with Gasteiger partial charge >= 0.3 is 0 Å². The highest BCUT2D eigenvalue weighted by atomic mass is 16.3.